The van der Waals surface area contributed by atoms with Crippen LogP contribution >= 0.6 is 0 Å². The smallest absolute Gasteiger partial charge is 0.410 e. The first-order chi connectivity index (χ1) is 10.6. The second-order valence-electron chi connectivity index (χ2n) is 5.05. The lowest BCUT2D eigenvalue weighted by atomic mass is 9.91. The van der Waals surface area contributed by atoms with Gasteiger partial charge in [-0.05, 0) is 24.3 Å². The molecule has 3 rings (SSSR count). The summed E-state index contributed by atoms with van der Waals surface area (Å²) in [5.41, 5.74) is -0.889. The van der Waals surface area contributed by atoms with Crippen molar-refractivity contribution in [3.05, 3.63) is 59.9 Å². The molecule has 6 heteroatoms. The van der Waals surface area contributed by atoms with Gasteiger partial charge in [0, 0.05) is 11.3 Å². The first-order valence-corrected chi connectivity index (χ1v) is 6.71. The molecule has 2 N–H and O–H groups in total. The van der Waals surface area contributed by atoms with Crippen LogP contribution in [0.25, 0.3) is 0 Å². The van der Waals surface area contributed by atoms with Crippen LogP contribution in [0.4, 0.5) is 14.9 Å². The number of halogens is 1. The van der Waals surface area contributed by atoms with Crippen molar-refractivity contribution in [2.24, 2.45) is 0 Å². The fraction of sp³-hybridized carbons (Fsp3) is 0.188. The van der Waals surface area contributed by atoms with Crippen LogP contribution in [0.3, 0.4) is 0 Å². The summed E-state index contributed by atoms with van der Waals surface area (Å²) in [5.74, 6) is -0.221. The van der Waals surface area contributed by atoms with Gasteiger partial charge < -0.3 is 14.6 Å². The number of anilines is 1. The zero-order valence-corrected chi connectivity index (χ0v) is 11.6. The third kappa shape index (κ3) is 2.93. The standard InChI is InChI=1S/C16H14FNO4/c17-14-8-11(6-7-13(14)16(20)9-21-10-16)18-15(19)22-12-4-2-1-3-5-12/h1-8,20H,9-10H2,(H,18,19). The van der Waals surface area contributed by atoms with Crippen molar-refractivity contribution in [1.29, 1.82) is 0 Å². The molecule has 0 saturated carbocycles. The van der Waals surface area contributed by atoms with E-state index in [1.165, 1.54) is 12.1 Å². The maximum absolute atomic E-state index is 14.0. The van der Waals surface area contributed by atoms with Gasteiger partial charge in [-0.2, -0.15) is 0 Å². The molecule has 1 fully saturated rings. The summed E-state index contributed by atoms with van der Waals surface area (Å²) in [5, 5.41) is 12.5. The van der Waals surface area contributed by atoms with Gasteiger partial charge in [0.2, 0.25) is 0 Å². The van der Waals surface area contributed by atoms with Gasteiger partial charge in [-0.15, -0.1) is 0 Å². The molecule has 2 aromatic carbocycles. The first kappa shape index (κ1) is 14.5. The van der Waals surface area contributed by atoms with Gasteiger partial charge in [-0.1, -0.05) is 24.3 Å². The second kappa shape index (κ2) is 5.75. The van der Waals surface area contributed by atoms with Crippen molar-refractivity contribution < 1.29 is 23.8 Å². The summed E-state index contributed by atoms with van der Waals surface area (Å²) in [7, 11) is 0. The molecule has 0 spiro atoms. The van der Waals surface area contributed by atoms with Gasteiger partial charge in [0.1, 0.15) is 17.2 Å². The lowest BCUT2D eigenvalue weighted by Crippen LogP contribution is -2.47. The largest absolute Gasteiger partial charge is 0.417 e. The average molecular weight is 303 g/mol. The molecule has 1 aliphatic heterocycles. The Bertz CT molecular complexity index is 686. The number of benzene rings is 2. The number of amides is 1. The number of hydrogen-bond acceptors (Lipinski definition) is 4. The topological polar surface area (TPSA) is 67.8 Å². The summed E-state index contributed by atoms with van der Waals surface area (Å²) >= 11 is 0. The predicted octanol–water partition coefficient (Wildman–Crippen LogP) is 2.65. The molecule has 0 bridgehead atoms. The maximum atomic E-state index is 14.0. The van der Waals surface area contributed by atoms with E-state index < -0.39 is 17.5 Å². The molecule has 2 aromatic rings. The van der Waals surface area contributed by atoms with E-state index in [-0.39, 0.29) is 24.5 Å². The van der Waals surface area contributed by atoms with E-state index in [1.54, 1.807) is 30.3 Å². The molecule has 1 heterocycles. The van der Waals surface area contributed by atoms with Crippen molar-refractivity contribution in [1.82, 2.24) is 0 Å². The molecule has 0 aromatic heterocycles. The van der Waals surface area contributed by atoms with E-state index in [4.69, 9.17) is 9.47 Å². The van der Waals surface area contributed by atoms with Gasteiger partial charge in [-0.25, -0.2) is 9.18 Å². The average Bonchev–Trinajstić information content (AvgIpc) is 2.46. The number of carbonyl (C=O) groups excluding carboxylic acids is 1. The van der Waals surface area contributed by atoms with Crippen LogP contribution in [0.1, 0.15) is 5.56 Å². The Morgan fingerprint density at radius 2 is 1.95 bits per heavy atom. The Labute approximate surface area is 126 Å². The molecule has 0 atom stereocenters. The fourth-order valence-corrected chi connectivity index (χ4v) is 2.16. The minimum atomic E-state index is -1.28. The van der Waals surface area contributed by atoms with E-state index in [2.05, 4.69) is 5.32 Å². The number of rotatable bonds is 3. The second-order valence-corrected chi connectivity index (χ2v) is 5.05. The van der Waals surface area contributed by atoms with E-state index in [0.717, 1.165) is 6.07 Å². The van der Waals surface area contributed by atoms with Crippen molar-refractivity contribution in [2.75, 3.05) is 18.5 Å². The van der Waals surface area contributed by atoms with Gasteiger partial charge >= 0.3 is 6.09 Å². The van der Waals surface area contributed by atoms with Gasteiger partial charge in [-0.3, -0.25) is 5.32 Å². The molecule has 114 valence electrons. The molecule has 0 unspecified atom stereocenters. The summed E-state index contributed by atoms with van der Waals surface area (Å²) in [6, 6.07) is 12.6. The fourth-order valence-electron chi connectivity index (χ4n) is 2.16. The van der Waals surface area contributed by atoms with Gasteiger partial charge in [0.05, 0.1) is 13.2 Å². The zero-order valence-electron chi connectivity index (χ0n) is 11.6. The highest BCUT2D eigenvalue weighted by Gasteiger charge is 2.40. The Hall–Kier alpha value is -2.44. The highest BCUT2D eigenvalue weighted by atomic mass is 19.1. The monoisotopic (exact) mass is 303 g/mol. The molecule has 22 heavy (non-hydrogen) atoms. The van der Waals surface area contributed by atoms with Gasteiger partial charge in [0.25, 0.3) is 0 Å². The van der Waals surface area contributed by atoms with Crippen LogP contribution in [0, 0.1) is 5.82 Å². The summed E-state index contributed by atoms with van der Waals surface area (Å²) < 4.78 is 24.0. The molecule has 5 nitrogen and oxygen atoms in total. The van der Waals surface area contributed by atoms with E-state index in [9.17, 15) is 14.3 Å². The van der Waals surface area contributed by atoms with Crippen LogP contribution in [0.2, 0.25) is 0 Å². The lowest BCUT2D eigenvalue weighted by molar-refractivity contribution is -0.186. The SMILES string of the molecule is O=C(Nc1ccc(C2(O)COC2)c(F)c1)Oc1ccccc1. The van der Waals surface area contributed by atoms with Crippen LogP contribution in [-0.4, -0.2) is 24.4 Å². The van der Waals surface area contributed by atoms with Crippen molar-refractivity contribution in [3.8, 4) is 5.75 Å². The Kier molecular flexibility index (Phi) is 3.79. The Morgan fingerprint density at radius 3 is 2.55 bits per heavy atom. The number of ether oxygens (including phenoxy) is 2. The number of nitrogens with one attached hydrogen (secondary N) is 1. The quantitative estimate of drug-likeness (QED) is 0.914. The predicted molar refractivity (Wildman–Crippen MR) is 77.2 cm³/mol. The molecule has 0 radical (unpaired) electrons. The van der Waals surface area contributed by atoms with Crippen LogP contribution in [-0.2, 0) is 10.3 Å². The molecule has 1 aliphatic rings. The third-order valence-corrected chi connectivity index (χ3v) is 3.35. The normalized spacial score (nSPS) is 15.7. The van der Waals surface area contributed by atoms with Crippen molar-refractivity contribution >= 4 is 11.8 Å². The van der Waals surface area contributed by atoms with E-state index in [1.807, 2.05) is 0 Å². The summed E-state index contributed by atoms with van der Waals surface area (Å²) in [6.07, 6.45) is -0.718. The van der Waals surface area contributed by atoms with Crippen molar-refractivity contribution in [3.63, 3.8) is 0 Å². The first-order valence-electron chi connectivity index (χ1n) is 6.71. The Balaban J connectivity index is 1.68. The highest BCUT2D eigenvalue weighted by molar-refractivity contribution is 5.86. The molecule has 0 aliphatic carbocycles. The summed E-state index contributed by atoms with van der Waals surface area (Å²) in [4.78, 5) is 11.7. The molecule has 1 saturated heterocycles. The number of carbonyl (C=O) groups is 1. The summed E-state index contributed by atoms with van der Waals surface area (Å²) in [6.45, 7) is 0.124. The van der Waals surface area contributed by atoms with Crippen LogP contribution in [0.5, 0.6) is 5.75 Å². The minimum absolute atomic E-state index is 0.0622. The van der Waals surface area contributed by atoms with Gasteiger partial charge in [0.15, 0.2) is 0 Å². The zero-order chi connectivity index (χ0) is 15.6. The highest BCUT2D eigenvalue weighted by Crippen LogP contribution is 2.32. The minimum Gasteiger partial charge on any atom is -0.410 e. The van der Waals surface area contributed by atoms with E-state index in [0.29, 0.717) is 5.75 Å². The molecule has 1 amide bonds. The molecular formula is C16H14FNO4. The number of para-hydroxylation sites is 1. The third-order valence-electron chi connectivity index (χ3n) is 3.35. The van der Waals surface area contributed by atoms with Crippen LogP contribution < -0.4 is 10.1 Å². The molecular weight excluding hydrogens is 289 g/mol. The van der Waals surface area contributed by atoms with E-state index >= 15 is 0 Å². The Morgan fingerprint density at radius 1 is 1.23 bits per heavy atom. The maximum Gasteiger partial charge on any atom is 0.417 e. The van der Waals surface area contributed by atoms with Crippen molar-refractivity contribution in [2.45, 2.75) is 5.60 Å². The number of aliphatic hydroxyl groups is 1. The van der Waals surface area contributed by atoms with Crippen LogP contribution in [0.15, 0.2) is 48.5 Å². The lowest BCUT2D eigenvalue weighted by Gasteiger charge is -2.36. The number of hydrogen-bond donors (Lipinski definition) is 2.